The molecule has 4 heteroatoms. The topological polar surface area (TPSA) is 47.6 Å². The van der Waals surface area contributed by atoms with E-state index in [1.807, 2.05) is 24.3 Å². The summed E-state index contributed by atoms with van der Waals surface area (Å²) in [4.78, 5) is 10.9. The second-order valence-electron chi connectivity index (χ2n) is 3.45. The van der Waals surface area contributed by atoms with Crippen LogP contribution in [0.4, 0.5) is 4.79 Å². The van der Waals surface area contributed by atoms with Crippen LogP contribution in [0.1, 0.15) is 17.2 Å². The number of amides is 1. The van der Waals surface area contributed by atoms with Gasteiger partial charge in [0.25, 0.3) is 0 Å². The normalized spacial score (nSPS) is 19.8. The van der Waals surface area contributed by atoms with Gasteiger partial charge in [0.15, 0.2) is 0 Å². The van der Waals surface area contributed by atoms with Gasteiger partial charge < -0.3 is 14.8 Å². The van der Waals surface area contributed by atoms with Gasteiger partial charge in [0.1, 0.15) is 6.10 Å². The van der Waals surface area contributed by atoms with E-state index in [0.29, 0.717) is 13.2 Å². The summed E-state index contributed by atoms with van der Waals surface area (Å²) in [6.45, 7) is 1.11. The second kappa shape index (κ2) is 4.31. The number of alkyl carbamates (subject to hydrolysis) is 1. The predicted octanol–water partition coefficient (Wildman–Crippen LogP) is 1.61. The number of hydrogen-bond acceptors (Lipinski definition) is 3. The maximum absolute atomic E-state index is 10.9. The molecule has 2 rings (SSSR count). The van der Waals surface area contributed by atoms with E-state index in [1.165, 1.54) is 0 Å². The van der Waals surface area contributed by atoms with Crippen LogP contribution in [0, 0.1) is 0 Å². The number of hydrogen-bond donors (Lipinski definition) is 1. The van der Waals surface area contributed by atoms with Crippen molar-refractivity contribution in [2.24, 2.45) is 0 Å². The molecule has 0 aromatic heterocycles. The molecule has 1 aliphatic heterocycles. The van der Waals surface area contributed by atoms with E-state index in [2.05, 4.69) is 5.32 Å². The standard InChI is InChI=1S/C11H13NO3/c1-14-7-8-3-2-4-9(5-8)10-6-12-11(13)15-10/h2-5,10H,6-7H2,1H3,(H,12,13). The molecule has 1 fully saturated rings. The first kappa shape index (κ1) is 9.98. The summed E-state index contributed by atoms with van der Waals surface area (Å²) >= 11 is 0. The van der Waals surface area contributed by atoms with Gasteiger partial charge in [-0.3, -0.25) is 0 Å². The van der Waals surface area contributed by atoms with Crippen LogP contribution in [0.25, 0.3) is 0 Å². The fourth-order valence-electron chi connectivity index (χ4n) is 1.62. The van der Waals surface area contributed by atoms with Gasteiger partial charge in [0.05, 0.1) is 13.2 Å². The van der Waals surface area contributed by atoms with Crippen LogP contribution in [0.5, 0.6) is 0 Å². The quantitative estimate of drug-likeness (QED) is 0.819. The average Bonchev–Trinajstić information content (AvgIpc) is 2.66. The van der Waals surface area contributed by atoms with Crippen LogP contribution in [0.15, 0.2) is 24.3 Å². The highest BCUT2D eigenvalue weighted by Gasteiger charge is 2.23. The summed E-state index contributed by atoms with van der Waals surface area (Å²) < 4.78 is 10.1. The lowest BCUT2D eigenvalue weighted by Gasteiger charge is -2.09. The van der Waals surface area contributed by atoms with Crippen molar-refractivity contribution in [1.29, 1.82) is 0 Å². The Morgan fingerprint density at radius 2 is 2.47 bits per heavy atom. The SMILES string of the molecule is COCc1cccc(C2CNC(=O)O2)c1. The zero-order valence-electron chi connectivity index (χ0n) is 8.53. The molecule has 1 amide bonds. The number of ether oxygens (including phenoxy) is 2. The monoisotopic (exact) mass is 207 g/mol. The van der Waals surface area contributed by atoms with Crippen LogP contribution in [0.2, 0.25) is 0 Å². The number of rotatable bonds is 3. The molecule has 1 N–H and O–H groups in total. The number of nitrogens with one attached hydrogen (secondary N) is 1. The van der Waals surface area contributed by atoms with Gasteiger partial charge in [-0.05, 0) is 17.2 Å². The van der Waals surface area contributed by atoms with E-state index in [9.17, 15) is 4.79 Å². The molecule has 1 aromatic carbocycles. The van der Waals surface area contributed by atoms with Crippen LogP contribution in [0.3, 0.4) is 0 Å². The minimum atomic E-state index is -0.350. The van der Waals surface area contributed by atoms with Crippen molar-refractivity contribution in [2.45, 2.75) is 12.7 Å². The fourth-order valence-corrected chi connectivity index (χ4v) is 1.62. The average molecular weight is 207 g/mol. The Kier molecular flexibility index (Phi) is 2.87. The van der Waals surface area contributed by atoms with Crippen molar-refractivity contribution in [2.75, 3.05) is 13.7 Å². The molecule has 0 saturated carbocycles. The van der Waals surface area contributed by atoms with E-state index in [4.69, 9.17) is 9.47 Å². The number of benzene rings is 1. The molecule has 1 aliphatic rings. The van der Waals surface area contributed by atoms with Crippen molar-refractivity contribution < 1.29 is 14.3 Å². The van der Waals surface area contributed by atoms with Crippen molar-refractivity contribution in [3.8, 4) is 0 Å². The van der Waals surface area contributed by atoms with E-state index >= 15 is 0 Å². The zero-order chi connectivity index (χ0) is 10.7. The largest absolute Gasteiger partial charge is 0.439 e. The molecule has 0 aliphatic carbocycles. The maximum Gasteiger partial charge on any atom is 0.407 e. The van der Waals surface area contributed by atoms with Crippen molar-refractivity contribution in [3.05, 3.63) is 35.4 Å². The van der Waals surface area contributed by atoms with Crippen molar-refractivity contribution in [3.63, 3.8) is 0 Å². The van der Waals surface area contributed by atoms with E-state index in [-0.39, 0.29) is 12.2 Å². The molecule has 0 spiro atoms. The van der Waals surface area contributed by atoms with E-state index < -0.39 is 0 Å². The Labute approximate surface area is 88.2 Å². The first-order valence-corrected chi connectivity index (χ1v) is 4.82. The molecule has 1 heterocycles. The first-order chi connectivity index (χ1) is 7.29. The van der Waals surface area contributed by atoms with Crippen LogP contribution in [-0.4, -0.2) is 19.7 Å². The maximum atomic E-state index is 10.9. The van der Waals surface area contributed by atoms with Crippen LogP contribution < -0.4 is 5.32 Å². The summed E-state index contributed by atoms with van der Waals surface area (Å²) in [6, 6.07) is 7.87. The fraction of sp³-hybridized carbons (Fsp3) is 0.364. The van der Waals surface area contributed by atoms with Gasteiger partial charge in [0, 0.05) is 7.11 Å². The summed E-state index contributed by atoms with van der Waals surface area (Å²) in [6.07, 6.45) is -0.522. The van der Waals surface area contributed by atoms with E-state index in [1.54, 1.807) is 7.11 Å². The third kappa shape index (κ3) is 2.27. The molecule has 1 saturated heterocycles. The second-order valence-corrected chi connectivity index (χ2v) is 3.45. The van der Waals surface area contributed by atoms with Gasteiger partial charge in [0.2, 0.25) is 0 Å². The van der Waals surface area contributed by atoms with Crippen molar-refractivity contribution >= 4 is 6.09 Å². The molecular weight excluding hydrogens is 194 g/mol. The Morgan fingerprint density at radius 1 is 1.60 bits per heavy atom. The Hall–Kier alpha value is -1.55. The Bertz CT molecular complexity index is 365. The molecule has 80 valence electrons. The van der Waals surface area contributed by atoms with Gasteiger partial charge >= 0.3 is 6.09 Å². The summed E-state index contributed by atoms with van der Waals surface area (Å²) in [5.41, 5.74) is 2.08. The molecule has 0 radical (unpaired) electrons. The number of cyclic esters (lactones) is 1. The zero-order valence-corrected chi connectivity index (χ0v) is 8.53. The number of carbonyl (C=O) groups excluding carboxylic acids is 1. The Balaban J connectivity index is 2.14. The molecular formula is C11H13NO3. The predicted molar refractivity (Wildman–Crippen MR) is 54.4 cm³/mol. The summed E-state index contributed by atoms with van der Waals surface area (Å²) in [7, 11) is 1.66. The lowest BCUT2D eigenvalue weighted by molar-refractivity contribution is 0.141. The molecule has 0 bridgehead atoms. The highest BCUT2D eigenvalue weighted by atomic mass is 16.6. The lowest BCUT2D eigenvalue weighted by Crippen LogP contribution is -2.12. The van der Waals surface area contributed by atoms with Gasteiger partial charge in [-0.2, -0.15) is 0 Å². The van der Waals surface area contributed by atoms with Gasteiger partial charge in [-0.25, -0.2) is 4.79 Å². The Morgan fingerprint density at radius 3 is 3.13 bits per heavy atom. The molecule has 4 nitrogen and oxygen atoms in total. The molecule has 15 heavy (non-hydrogen) atoms. The summed E-state index contributed by atoms with van der Waals surface area (Å²) in [5, 5.41) is 2.63. The highest BCUT2D eigenvalue weighted by Crippen LogP contribution is 2.21. The van der Waals surface area contributed by atoms with Crippen molar-refractivity contribution in [1.82, 2.24) is 5.32 Å². The lowest BCUT2D eigenvalue weighted by atomic mass is 10.1. The molecule has 1 unspecified atom stereocenters. The minimum absolute atomic E-state index is 0.172. The minimum Gasteiger partial charge on any atom is -0.439 e. The molecule has 1 atom stereocenters. The third-order valence-corrected chi connectivity index (χ3v) is 2.31. The van der Waals surface area contributed by atoms with Crippen LogP contribution in [-0.2, 0) is 16.1 Å². The smallest absolute Gasteiger partial charge is 0.407 e. The highest BCUT2D eigenvalue weighted by molar-refractivity contribution is 5.69. The van der Waals surface area contributed by atoms with Gasteiger partial charge in [-0.15, -0.1) is 0 Å². The number of carbonyl (C=O) groups is 1. The van der Waals surface area contributed by atoms with Crippen LogP contribution >= 0.6 is 0 Å². The summed E-state index contributed by atoms with van der Waals surface area (Å²) in [5.74, 6) is 0. The first-order valence-electron chi connectivity index (χ1n) is 4.82. The van der Waals surface area contributed by atoms with Gasteiger partial charge in [-0.1, -0.05) is 18.2 Å². The third-order valence-electron chi connectivity index (χ3n) is 2.31. The molecule has 1 aromatic rings. The van der Waals surface area contributed by atoms with E-state index in [0.717, 1.165) is 11.1 Å². The number of methoxy groups -OCH3 is 1.